The fourth-order valence-corrected chi connectivity index (χ4v) is 2.09. The van der Waals surface area contributed by atoms with Crippen molar-refractivity contribution in [2.45, 2.75) is 38.4 Å². The number of carbonyl (C=O) groups excluding carboxylic acids is 2. The predicted octanol–water partition coefficient (Wildman–Crippen LogP) is 1.31. The Morgan fingerprint density at radius 3 is 2.88 bits per heavy atom. The van der Waals surface area contributed by atoms with E-state index in [9.17, 15) is 9.59 Å². The molecule has 16 heavy (non-hydrogen) atoms. The third-order valence-electron chi connectivity index (χ3n) is 1.85. The van der Waals surface area contributed by atoms with Crippen LogP contribution in [0.4, 0.5) is 0 Å². The van der Waals surface area contributed by atoms with Crippen LogP contribution in [0, 0.1) is 0 Å². The zero-order chi connectivity index (χ0) is 12.0. The minimum atomic E-state index is -0.516. The van der Waals surface area contributed by atoms with Gasteiger partial charge in [-0.2, -0.15) is 0 Å². The molecule has 1 heterocycles. The Balaban J connectivity index is 2.16. The van der Waals surface area contributed by atoms with E-state index in [2.05, 4.69) is 0 Å². The zero-order valence-corrected chi connectivity index (χ0v) is 10.2. The average molecular weight is 248 g/mol. The Kier molecular flexibility index (Phi) is 5.62. The van der Waals surface area contributed by atoms with Gasteiger partial charge in [-0.05, 0) is 6.42 Å². The number of carbonyl (C=O) groups is 2. The molecule has 1 aliphatic rings. The molecule has 1 aliphatic heterocycles. The van der Waals surface area contributed by atoms with E-state index >= 15 is 0 Å². The molecule has 0 spiro atoms. The van der Waals surface area contributed by atoms with Crippen LogP contribution in [0.2, 0.25) is 0 Å². The lowest BCUT2D eigenvalue weighted by Crippen LogP contribution is -2.22. The molecule has 5 nitrogen and oxygen atoms in total. The van der Waals surface area contributed by atoms with Crippen LogP contribution in [0.1, 0.15) is 26.7 Å². The highest BCUT2D eigenvalue weighted by Crippen LogP contribution is 2.26. The van der Waals surface area contributed by atoms with Crippen molar-refractivity contribution in [2.24, 2.45) is 0 Å². The van der Waals surface area contributed by atoms with Crippen molar-refractivity contribution < 1.29 is 23.8 Å². The highest BCUT2D eigenvalue weighted by molar-refractivity contribution is 8.00. The van der Waals surface area contributed by atoms with Crippen molar-refractivity contribution in [2.75, 3.05) is 12.4 Å². The molecule has 0 aromatic heterocycles. The third-order valence-corrected chi connectivity index (χ3v) is 2.94. The van der Waals surface area contributed by atoms with E-state index in [1.807, 2.05) is 6.92 Å². The second kappa shape index (κ2) is 6.75. The largest absolute Gasteiger partial charge is 0.462 e. The molecule has 92 valence electrons. The van der Waals surface area contributed by atoms with E-state index in [0.29, 0.717) is 12.2 Å². The van der Waals surface area contributed by atoms with Gasteiger partial charge in [0.25, 0.3) is 0 Å². The van der Waals surface area contributed by atoms with Crippen molar-refractivity contribution in [3.63, 3.8) is 0 Å². The third kappa shape index (κ3) is 4.85. The molecule has 2 atom stereocenters. The van der Waals surface area contributed by atoms with Crippen molar-refractivity contribution in [1.29, 1.82) is 0 Å². The van der Waals surface area contributed by atoms with Crippen LogP contribution in [-0.2, 0) is 23.8 Å². The Morgan fingerprint density at radius 2 is 2.25 bits per heavy atom. The molecular formula is C10H16O5S. The van der Waals surface area contributed by atoms with Gasteiger partial charge < -0.3 is 14.2 Å². The number of thioether (sulfide) groups is 1. The highest BCUT2D eigenvalue weighted by Gasteiger charge is 2.28. The number of hydrogen-bond donors (Lipinski definition) is 0. The van der Waals surface area contributed by atoms with Gasteiger partial charge in [0.05, 0.1) is 5.75 Å². The van der Waals surface area contributed by atoms with E-state index in [4.69, 9.17) is 14.2 Å². The second-order valence-electron chi connectivity index (χ2n) is 3.37. The van der Waals surface area contributed by atoms with Crippen LogP contribution < -0.4 is 0 Å². The van der Waals surface area contributed by atoms with Crippen LogP contribution in [0.15, 0.2) is 0 Å². The molecule has 0 amide bonds. The summed E-state index contributed by atoms with van der Waals surface area (Å²) in [6, 6.07) is 0. The number of esters is 2. The molecule has 0 N–H and O–H groups in total. The molecule has 0 unspecified atom stereocenters. The minimum Gasteiger partial charge on any atom is -0.462 e. The Bertz CT molecular complexity index is 256. The van der Waals surface area contributed by atoms with Gasteiger partial charge in [0, 0.05) is 13.3 Å². The topological polar surface area (TPSA) is 61.8 Å². The minimum absolute atomic E-state index is 0.210. The smallest absolute Gasteiger partial charge is 0.305 e. The van der Waals surface area contributed by atoms with Crippen LogP contribution in [0.5, 0.6) is 0 Å². The van der Waals surface area contributed by atoms with Crippen LogP contribution in [0.3, 0.4) is 0 Å². The maximum Gasteiger partial charge on any atom is 0.305 e. The van der Waals surface area contributed by atoms with Crippen molar-refractivity contribution in [3.8, 4) is 0 Å². The molecule has 1 rings (SSSR count). The fourth-order valence-electron chi connectivity index (χ4n) is 1.21. The molecule has 1 saturated heterocycles. The van der Waals surface area contributed by atoms with Gasteiger partial charge in [-0.25, -0.2) is 0 Å². The molecular weight excluding hydrogens is 232 g/mol. The van der Waals surface area contributed by atoms with Gasteiger partial charge in [0.15, 0.2) is 0 Å². The zero-order valence-electron chi connectivity index (χ0n) is 9.43. The van der Waals surface area contributed by atoms with Crippen LogP contribution in [-0.4, -0.2) is 36.0 Å². The van der Waals surface area contributed by atoms with Crippen molar-refractivity contribution in [3.05, 3.63) is 0 Å². The van der Waals surface area contributed by atoms with Gasteiger partial charge in [0.1, 0.15) is 12.0 Å². The monoisotopic (exact) mass is 248 g/mol. The summed E-state index contributed by atoms with van der Waals surface area (Å²) < 4.78 is 15.2. The molecule has 0 aromatic rings. The molecule has 6 heteroatoms. The van der Waals surface area contributed by atoms with E-state index < -0.39 is 6.29 Å². The summed E-state index contributed by atoms with van der Waals surface area (Å²) in [5.41, 5.74) is -0.231. The van der Waals surface area contributed by atoms with Gasteiger partial charge in [-0.15, -0.1) is 11.8 Å². The molecule has 0 bridgehead atoms. The summed E-state index contributed by atoms with van der Waals surface area (Å²) in [5, 5.41) is 0. The number of ether oxygens (including phenoxy) is 3. The van der Waals surface area contributed by atoms with E-state index in [0.717, 1.165) is 6.42 Å². The summed E-state index contributed by atoms with van der Waals surface area (Å²) in [4.78, 5) is 21.7. The highest BCUT2D eigenvalue weighted by atomic mass is 32.2. The van der Waals surface area contributed by atoms with Gasteiger partial charge in [0.2, 0.25) is 6.29 Å². The summed E-state index contributed by atoms with van der Waals surface area (Å²) in [6.07, 6.45) is 0.676. The first-order chi connectivity index (χ1) is 7.61. The number of hydrogen-bond acceptors (Lipinski definition) is 6. The first kappa shape index (κ1) is 13.3. The Labute approximate surface area is 98.8 Å². The first-order valence-corrected chi connectivity index (χ1v) is 6.26. The maximum atomic E-state index is 11.1. The average Bonchev–Trinajstić information content (AvgIpc) is 2.62. The molecule has 0 saturated carbocycles. The number of rotatable bonds is 5. The Morgan fingerprint density at radius 1 is 1.50 bits per heavy atom. The van der Waals surface area contributed by atoms with Crippen LogP contribution in [0.25, 0.3) is 0 Å². The summed E-state index contributed by atoms with van der Waals surface area (Å²) in [7, 11) is 0. The van der Waals surface area contributed by atoms with Gasteiger partial charge >= 0.3 is 11.9 Å². The molecule has 0 aromatic carbocycles. The van der Waals surface area contributed by atoms with Gasteiger partial charge in [-0.1, -0.05) is 6.92 Å². The second-order valence-corrected chi connectivity index (χ2v) is 4.56. The standard InChI is InChI=1S/C10H16O5S/c1-3-4-8(12)13-5-10-15-9(6-16-10)14-7(2)11/h9-10H,3-6H2,1-2H3/t9-,10-/m1/s1. The molecule has 0 radical (unpaired) electrons. The fraction of sp³-hybridized carbons (Fsp3) is 0.800. The normalized spacial score (nSPS) is 24.1. The summed E-state index contributed by atoms with van der Waals surface area (Å²) in [6.45, 7) is 3.46. The van der Waals surface area contributed by atoms with Gasteiger partial charge in [-0.3, -0.25) is 9.59 Å². The lowest BCUT2D eigenvalue weighted by atomic mass is 10.3. The predicted molar refractivity (Wildman–Crippen MR) is 58.8 cm³/mol. The molecule has 0 aliphatic carbocycles. The lowest BCUT2D eigenvalue weighted by molar-refractivity contribution is -0.175. The molecule has 1 fully saturated rings. The van der Waals surface area contributed by atoms with Crippen LogP contribution >= 0.6 is 11.8 Å². The Hall–Kier alpha value is -0.750. The summed E-state index contributed by atoms with van der Waals surface area (Å²) in [5.74, 6) is -0.00729. The lowest BCUT2D eigenvalue weighted by Gasteiger charge is -2.12. The quantitative estimate of drug-likeness (QED) is 0.684. The summed E-state index contributed by atoms with van der Waals surface area (Å²) >= 11 is 1.48. The van der Waals surface area contributed by atoms with E-state index in [1.165, 1.54) is 18.7 Å². The van der Waals surface area contributed by atoms with Crippen molar-refractivity contribution >= 4 is 23.7 Å². The maximum absolute atomic E-state index is 11.1. The SMILES string of the molecule is CCCC(=O)OC[C@@H]1O[C@@H](OC(C)=O)CS1. The van der Waals surface area contributed by atoms with E-state index in [1.54, 1.807) is 0 Å². The first-order valence-electron chi connectivity index (χ1n) is 5.21. The van der Waals surface area contributed by atoms with Crippen molar-refractivity contribution in [1.82, 2.24) is 0 Å². The van der Waals surface area contributed by atoms with E-state index in [-0.39, 0.29) is 24.0 Å².